The molecule has 0 unspecified atom stereocenters. The third kappa shape index (κ3) is 25.2. The molecule has 0 heterocycles. The Morgan fingerprint density at radius 2 is 0.263 bits per heavy atom. The second kappa shape index (κ2) is 39.9. The molecule has 2 aliphatic carbocycles. The van der Waals surface area contributed by atoms with E-state index >= 15 is 0 Å². The molecule has 4 aromatic rings. The van der Waals surface area contributed by atoms with Crippen molar-refractivity contribution in [3.05, 3.63) is 181 Å². The molecule has 2 aliphatic rings. The maximum absolute atomic E-state index is 12.6. The van der Waals surface area contributed by atoms with Gasteiger partial charge in [0, 0.05) is 0 Å². The average molecular weight is 1440 g/mol. The number of rotatable bonds is 4. The van der Waals surface area contributed by atoms with Gasteiger partial charge >= 0.3 is 52.4 Å². The molecule has 2 fully saturated rings. The smallest absolute Gasteiger partial charge is 0.870 e. The normalized spacial score (nSPS) is 11.9. The van der Waals surface area contributed by atoms with Crippen molar-refractivity contribution < 1.29 is 236 Å². The van der Waals surface area contributed by atoms with Crippen molar-refractivity contribution in [1.29, 1.82) is 0 Å². The van der Waals surface area contributed by atoms with Crippen LogP contribution < -0.4 is 0 Å². The Morgan fingerprint density at radius 3 is 0.325 bits per heavy atom. The van der Waals surface area contributed by atoms with Gasteiger partial charge < -0.3 is 62.0 Å². The van der Waals surface area contributed by atoms with Gasteiger partial charge in [0.15, 0.2) is 93.1 Å². The summed E-state index contributed by atoms with van der Waals surface area (Å²) in [7, 11) is -23.1. The zero-order chi connectivity index (χ0) is 54.9. The first-order valence-corrected chi connectivity index (χ1v) is 21.6. The van der Waals surface area contributed by atoms with Crippen LogP contribution in [0.2, 0.25) is 0 Å². The van der Waals surface area contributed by atoms with Crippen LogP contribution in [0, 0.1) is 181 Å². The van der Waals surface area contributed by atoms with Gasteiger partial charge in [0.05, 0.1) is 0 Å². The van der Waals surface area contributed by atoms with E-state index in [1.807, 2.05) is 64.2 Å². The van der Waals surface area contributed by atoms with Crippen LogP contribution in [0.5, 0.6) is 0 Å². The summed E-state index contributed by atoms with van der Waals surface area (Å²) in [5.41, 5.74) is 0. The average Bonchev–Trinajstić information content (AvgIpc) is 4.04. The standard InChI is InChI=1S/4C6HF5O3S.2C5H5.8H2O.2Zr/c4*7-1-2(8)4(10)6(15(12,13)14)5(11)3(1)9;2*1-2-4-5-3-1;;;;;;;;;;/h4*(H,12,13,14);2*1-5H;8*1H2;;/q;;;;;;;;;;;;;;2*+4/p-6. The minimum atomic E-state index is -5.77. The molecule has 0 aliphatic heterocycles. The monoisotopic (exact) mass is 1440 g/mol. The minimum absolute atomic E-state index is 0. The quantitative estimate of drug-likeness (QED) is 0.122. The Kier molecular flexibility index (Phi) is 49.3. The van der Waals surface area contributed by atoms with Crippen molar-refractivity contribution in [2.75, 3.05) is 0 Å². The Labute approximate surface area is 473 Å². The second-order valence-corrected chi connectivity index (χ2v) is 16.6. The van der Waals surface area contributed by atoms with Crippen LogP contribution in [0.1, 0.15) is 0 Å². The molecule has 0 spiro atoms. The summed E-state index contributed by atoms with van der Waals surface area (Å²) in [5.74, 6) is -51.3. The fourth-order valence-corrected chi connectivity index (χ4v) is 6.33. The molecule has 0 atom stereocenters. The molecule has 0 amide bonds. The van der Waals surface area contributed by atoms with Gasteiger partial charge in [0.1, 0.15) is 60.1 Å². The molecule has 20 nitrogen and oxygen atoms in total. The van der Waals surface area contributed by atoms with Crippen LogP contribution in [-0.2, 0) is 92.9 Å². The first kappa shape index (κ1) is 98.7. The predicted molar refractivity (Wildman–Crippen MR) is 205 cm³/mol. The van der Waals surface area contributed by atoms with Gasteiger partial charge in [0.2, 0.25) is 23.3 Å². The molecule has 450 valence electrons. The van der Waals surface area contributed by atoms with E-state index in [2.05, 4.69) is 0 Å². The zero-order valence-corrected chi connectivity index (χ0v) is 44.9. The third-order valence-electron chi connectivity index (χ3n) is 6.79. The Hall–Kier alpha value is -3.43. The van der Waals surface area contributed by atoms with Gasteiger partial charge in [-0.3, -0.25) is 0 Å². The molecule has 80 heavy (non-hydrogen) atoms. The summed E-state index contributed by atoms with van der Waals surface area (Å²) >= 11 is 0. The second-order valence-electron chi connectivity index (χ2n) is 11.3. The van der Waals surface area contributed by atoms with Crippen molar-refractivity contribution in [2.45, 2.75) is 19.6 Å². The van der Waals surface area contributed by atoms with Gasteiger partial charge in [-0.15, -0.1) is 0 Å². The fraction of sp³-hybridized carbons (Fsp3) is 0. The van der Waals surface area contributed by atoms with E-state index in [-0.39, 0.29) is 96.2 Å². The summed E-state index contributed by atoms with van der Waals surface area (Å²) in [6.45, 7) is 0. The van der Waals surface area contributed by atoms with E-state index in [4.69, 9.17) is 0 Å². The van der Waals surface area contributed by atoms with E-state index < -0.39 is 176 Å². The summed E-state index contributed by atoms with van der Waals surface area (Å²) in [6.07, 6.45) is 20.0. The Morgan fingerprint density at radius 1 is 0.200 bits per heavy atom. The van der Waals surface area contributed by atoms with Crippen molar-refractivity contribution in [1.82, 2.24) is 0 Å². The zero-order valence-electron chi connectivity index (χ0n) is 36.8. The van der Waals surface area contributed by atoms with Crippen LogP contribution in [0.15, 0.2) is 19.6 Å². The van der Waals surface area contributed by atoms with E-state index in [1.165, 1.54) is 0 Å². The number of hydrogen-bond donors (Lipinski definition) is 0. The van der Waals surface area contributed by atoms with E-state index in [9.17, 15) is 140 Å². The van der Waals surface area contributed by atoms with E-state index in [0.717, 1.165) is 0 Å². The molecule has 6 rings (SSSR count). The molecule has 0 saturated heterocycles. The molecule has 46 heteroatoms. The van der Waals surface area contributed by atoms with Crippen molar-refractivity contribution >= 4 is 40.5 Å². The molecule has 0 aromatic heterocycles. The number of benzene rings is 4. The SMILES string of the molecule is O.O.O.O.O.O.O=S(=O)([O-])c1c(F)c(F)c(F)c(F)c1F.O=S(=O)([O-])c1c(F)c(F)c(F)c(F)c1F.O=S(=O)([O-])c1c(F)c(F)c(F)c(F)c1F.O=S(=O)([O-])c1c(F)c(F)c(F)c(F)c1F.[CH]1[CH][CH][CH][CH]1.[CH]1[CH][CH][CH][CH]1.[OH-].[OH-].[Zr+4].[Zr+4]. The van der Waals surface area contributed by atoms with Gasteiger partial charge in [-0.25, -0.2) is 121 Å². The minimum Gasteiger partial charge on any atom is -0.870 e. The molecule has 0 bridgehead atoms. The number of hydrogen-bond acceptors (Lipinski definition) is 14. The first-order valence-electron chi connectivity index (χ1n) is 15.9. The molecule has 2 saturated carbocycles. The van der Waals surface area contributed by atoms with Crippen LogP contribution in [0.4, 0.5) is 87.8 Å². The molecular weight excluding hydrogens is 1420 g/mol. The summed E-state index contributed by atoms with van der Waals surface area (Å²) < 4.78 is 372. The van der Waals surface area contributed by atoms with Crippen LogP contribution in [0.25, 0.3) is 0 Å². The van der Waals surface area contributed by atoms with E-state index in [1.54, 1.807) is 0 Å². The Balaban J connectivity index is -0.0000000924. The van der Waals surface area contributed by atoms with Crippen molar-refractivity contribution in [3.63, 3.8) is 0 Å². The number of halogens is 20. The maximum atomic E-state index is 12.6. The summed E-state index contributed by atoms with van der Waals surface area (Å²) in [5, 5.41) is 0. The van der Waals surface area contributed by atoms with Crippen LogP contribution in [0.3, 0.4) is 0 Å². The van der Waals surface area contributed by atoms with Crippen LogP contribution >= 0.6 is 0 Å². The maximum Gasteiger partial charge on any atom is 4.00 e. The van der Waals surface area contributed by atoms with Gasteiger partial charge in [-0.2, -0.15) is 0 Å². The predicted octanol–water partition coefficient (Wildman–Crippen LogP) is 1.88. The van der Waals surface area contributed by atoms with Crippen molar-refractivity contribution in [2.24, 2.45) is 0 Å². The molecule has 14 N–H and O–H groups in total. The first-order chi connectivity index (χ1) is 31.7. The molecule has 10 radical (unpaired) electrons. The largest absolute Gasteiger partial charge is 4.00 e. The fourth-order valence-electron chi connectivity index (χ4n) is 3.86. The topological polar surface area (TPSA) is 478 Å². The van der Waals surface area contributed by atoms with Crippen LogP contribution in [-0.4, -0.2) is 95.7 Å². The summed E-state index contributed by atoms with van der Waals surface area (Å²) in [4.78, 5) is -9.50. The molecular formula is C34H24F20O20S4Zr2+2. The molecule has 4 aromatic carbocycles. The third-order valence-corrected chi connectivity index (χ3v) is 10.2. The Bertz CT molecular complexity index is 2560. The summed E-state index contributed by atoms with van der Waals surface area (Å²) in [6, 6.07) is 0. The van der Waals surface area contributed by atoms with Gasteiger partial charge in [-0.05, 0) is 64.2 Å². The van der Waals surface area contributed by atoms with Gasteiger partial charge in [-0.1, -0.05) is 0 Å². The van der Waals surface area contributed by atoms with E-state index in [0.29, 0.717) is 0 Å². The van der Waals surface area contributed by atoms with Gasteiger partial charge in [0.25, 0.3) is 0 Å². The van der Waals surface area contributed by atoms with Crippen molar-refractivity contribution in [3.8, 4) is 0 Å².